The third-order valence-electron chi connectivity index (χ3n) is 1.74. The quantitative estimate of drug-likeness (QED) is 0.719. The number of carbonyl (C=O) groups is 2. The minimum absolute atomic E-state index is 0.0463. The van der Waals surface area contributed by atoms with Crippen LogP contribution in [0.25, 0.3) is 0 Å². The third kappa shape index (κ3) is 4.82. The van der Waals surface area contributed by atoms with Gasteiger partial charge in [-0.3, -0.25) is 9.59 Å². The largest absolute Gasteiger partial charge is 0.370 e. The lowest BCUT2D eigenvalue weighted by atomic mass is 10.3. The molecule has 0 saturated carbocycles. The van der Waals surface area contributed by atoms with Crippen LogP contribution in [0, 0.1) is 0 Å². The van der Waals surface area contributed by atoms with E-state index in [1.807, 2.05) is 0 Å². The number of rotatable bonds is 6. The summed E-state index contributed by atoms with van der Waals surface area (Å²) in [7, 11) is 0. The molecule has 1 aromatic heterocycles. The number of hydrogen-bond donors (Lipinski definition) is 2. The van der Waals surface area contributed by atoms with Gasteiger partial charge in [0.05, 0.1) is 12.2 Å². The van der Waals surface area contributed by atoms with Crippen LogP contribution in [0.4, 0.5) is 0 Å². The lowest BCUT2D eigenvalue weighted by molar-refractivity contribution is -0.122. The Bertz CT molecular complexity index is 455. The highest BCUT2D eigenvalue weighted by Gasteiger charge is 2.12. The topological polar surface area (TPSA) is 107 Å². The number of carbonyl (C=O) groups excluding carboxylic acids is 2. The Morgan fingerprint density at radius 1 is 1.39 bits per heavy atom. The molecule has 0 saturated heterocycles. The molecule has 0 aliphatic rings. The maximum absolute atomic E-state index is 11.6. The van der Waals surface area contributed by atoms with Gasteiger partial charge in [-0.05, 0) is 6.07 Å². The van der Waals surface area contributed by atoms with Crippen LogP contribution in [0.1, 0.15) is 10.4 Å². The fourth-order valence-corrected chi connectivity index (χ4v) is 1.34. The summed E-state index contributed by atoms with van der Waals surface area (Å²) in [5, 5.41) is 9.51. The summed E-state index contributed by atoms with van der Waals surface area (Å²) < 4.78 is 4.86. The Labute approximate surface area is 113 Å². The Morgan fingerprint density at radius 2 is 2.11 bits per heavy atom. The smallest absolute Gasteiger partial charge is 0.254 e. The number of ether oxygens (including phenoxy) is 1. The molecule has 98 valence electrons. The van der Waals surface area contributed by atoms with E-state index in [4.69, 9.17) is 33.7 Å². The van der Waals surface area contributed by atoms with Crippen LogP contribution in [0.3, 0.4) is 0 Å². The minimum Gasteiger partial charge on any atom is -0.370 e. The number of aromatic nitrogens is 2. The summed E-state index contributed by atoms with van der Waals surface area (Å²) in [4.78, 5) is 22.0. The van der Waals surface area contributed by atoms with Crippen LogP contribution in [0.5, 0.6) is 0 Å². The summed E-state index contributed by atoms with van der Waals surface area (Å²) in [5.74, 6) is -1.03. The molecule has 3 N–H and O–H groups in total. The van der Waals surface area contributed by atoms with Gasteiger partial charge >= 0.3 is 0 Å². The first-order valence-corrected chi connectivity index (χ1v) is 5.59. The zero-order valence-electron chi connectivity index (χ0n) is 9.15. The highest BCUT2D eigenvalue weighted by atomic mass is 35.5. The van der Waals surface area contributed by atoms with Crippen LogP contribution < -0.4 is 11.1 Å². The predicted molar refractivity (Wildman–Crippen MR) is 64.4 cm³/mol. The molecule has 0 aromatic carbocycles. The van der Waals surface area contributed by atoms with Gasteiger partial charge in [0.15, 0.2) is 10.3 Å². The van der Waals surface area contributed by atoms with E-state index in [0.717, 1.165) is 0 Å². The van der Waals surface area contributed by atoms with Gasteiger partial charge in [-0.2, -0.15) is 0 Å². The monoisotopic (exact) mass is 292 g/mol. The molecule has 0 atom stereocenters. The van der Waals surface area contributed by atoms with Crippen LogP contribution in [0.15, 0.2) is 6.07 Å². The molecule has 0 bridgehead atoms. The number of halogens is 2. The summed E-state index contributed by atoms with van der Waals surface area (Å²) in [6.07, 6.45) is 0. The molecule has 1 rings (SSSR count). The number of primary amides is 1. The summed E-state index contributed by atoms with van der Waals surface area (Å²) in [6.45, 7) is 0.153. The highest BCUT2D eigenvalue weighted by molar-refractivity contribution is 6.34. The summed E-state index contributed by atoms with van der Waals surface area (Å²) in [5.41, 5.74) is 4.98. The first kappa shape index (κ1) is 14.6. The van der Waals surface area contributed by atoms with Crippen molar-refractivity contribution < 1.29 is 14.3 Å². The fraction of sp³-hybridized carbons (Fsp3) is 0.333. The van der Waals surface area contributed by atoms with Crippen molar-refractivity contribution >= 4 is 35.0 Å². The molecule has 1 aromatic rings. The van der Waals surface area contributed by atoms with Crippen LogP contribution >= 0.6 is 23.2 Å². The van der Waals surface area contributed by atoms with Gasteiger partial charge in [0.1, 0.15) is 6.61 Å². The average molecular weight is 293 g/mol. The van der Waals surface area contributed by atoms with Gasteiger partial charge in [-0.1, -0.05) is 23.2 Å². The minimum atomic E-state index is -0.575. The van der Waals surface area contributed by atoms with E-state index in [1.165, 1.54) is 6.07 Å². The lowest BCUT2D eigenvalue weighted by Gasteiger charge is -2.06. The van der Waals surface area contributed by atoms with E-state index in [0.29, 0.717) is 0 Å². The molecular weight excluding hydrogens is 283 g/mol. The van der Waals surface area contributed by atoms with Crippen molar-refractivity contribution in [3.05, 3.63) is 21.9 Å². The summed E-state index contributed by atoms with van der Waals surface area (Å²) >= 11 is 11.3. The van der Waals surface area contributed by atoms with Gasteiger partial charge in [-0.15, -0.1) is 10.2 Å². The Hall–Kier alpha value is -1.44. The normalized spacial score (nSPS) is 10.1. The molecule has 0 radical (unpaired) electrons. The molecular formula is C9H10Cl2N4O3. The molecule has 0 fully saturated rings. The maximum Gasteiger partial charge on any atom is 0.254 e. The highest BCUT2D eigenvalue weighted by Crippen LogP contribution is 2.14. The Kier molecular flexibility index (Phi) is 5.76. The molecule has 18 heavy (non-hydrogen) atoms. The number of nitrogens with zero attached hydrogens (tertiary/aromatic N) is 2. The molecule has 0 spiro atoms. The summed E-state index contributed by atoms with van der Waals surface area (Å²) in [6, 6.07) is 1.30. The van der Waals surface area contributed by atoms with Gasteiger partial charge in [0.25, 0.3) is 5.91 Å². The van der Waals surface area contributed by atoms with E-state index >= 15 is 0 Å². The number of amides is 2. The lowest BCUT2D eigenvalue weighted by Crippen LogP contribution is -2.29. The molecule has 1 heterocycles. The van der Waals surface area contributed by atoms with Crippen molar-refractivity contribution in [1.29, 1.82) is 0 Å². The van der Waals surface area contributed by atoms with Gasteiger partial charge in [0.2, 0.25) is 5.91 Å². The van der Waals surface area contributed by atoms with E-state index < -0.39 is 11.8 Å². The van der Waals surface area contributed by atoms with E-state index in [9.17, 15) is 9.59 Å². The number of nitrogens with two attached hydrogens (primary N) is 1. The molecule has 0 aliphatic heterocycles. The predicted octanol–water partition coefficient (Wildman–Crippen LogP) is 0.0151. The standard InChI is InChI=1S/C9H10Cl2N4O3/c10-6-3-5(8(11)15-14-6)9(17)13-1-2-18-4-7(12)16/h3H,1-2,4H2,(H2,12,16)(H,13,17). The third-order valence-corrected chi connectivity index (χ3v) is 2.20. The first-order chi connectivity index (χ1) is 8.50. The number of nitrogens with one attached hydrogen (secondary N) is 1. The van der Waals surface area contributed by atoms with Crippen molar-refractivity contribution in [2.75, 3.05) is 19.8 Å². The molecule has 0 aliphatic carbocycles. The molecule has 2 amide bonds. The van der Waals surface area contributed by atoms with Crippen molar-refractivity contribution in [2.24, 2.45) is 5.73 Å². The second-order valence-corrected chi connectivity index (χ2v) is 3.89. The zero-order chi connectivity index (χ0) is 13.5. The molecule has 7 nitrogen and oxygen atoms in total. The van der Waals surface area contributed by atoms with Crippen molar-refractivity contribution in [3.8, 4) is 0 Å². The average Bonchev–Trinajstić information content (AvgIpc) is 2.31. The van der Waals surface area contributed by atoms with Gasteiger partial charge in [-0.25, -0.2) is 0 Å². The number of hydrogen-bond acceptors (Lipinski definition) is 5. The maximum atomic E-state index is 11.6. The van der Waals surface area contributed by atoms with E-state index in [1.54, 1.807) is 0 Å². The SMILES string of the molecule is NC(=O)COCCNC(=O)c1cc(Cl)nnc1Cl. The van der Waals surface area contributed by atoms with Crippen molar-refractivity contribution in [1.82, 2.24) is 15.5 Å². The Morgan fingerprint density at radius 3 is 2.78 bits per heavy atom. The van der Waals surface area contributed by atoms with Crippen LogP contribution in [0.2, 0.25) is 10.3 Å². The van der Waals surface area contributed by atoms with Crippen LogP contribution in [-0.2, 0) is 9.53 Å². The first-order valence-electron chi connectivity index (χ1n) is 4.83. The molecule has 0 unspecified atom stereocenters. The second-order valence-electron chi connectivity index (χ2n) is 3.15. The van der Waals surface area contributed by atoms with Crippen molar-refractivity contribution in [3.63, 3.8) is 0 Å². The van der Waals surface area contributed by atoms with Crippen LogP contribution in [-0.4, -0.2) is 41.8 Å². The Balaban J connectivity index is 2.41. The fourth-order valence-electron chi connectivity index (χ4n) is 1.02. The zero-order valence-corrected chi connectivity index (χ0v) is 10.7. The van der Waals surface area contributed by atoms with E-state index in [-0.39, 0.29) is 35.6 Å². The molecule has 9 heteroatoms. The van der Waals surface area contributed by atoms with E-state index in [2.05, 4.69) is 15.5 Å². The van der Waals surface area contributed by atoms with Crippen molar-refractivity contribution in [2.45, 2.75) is 0 Å². The van der Waals surface area contributed by atoms with Gasteiger partial charge in [0, 0.05) is 6.54 Å². The second kappa shape index (κ2) is 7.10. The van der Waals surface area contributed by atoms with Gasteiger partial charge < -0.3 is 15.8 Å².